The Labute approximate surface area is 130 Å². The van der Waals surface area contributed by atoms with Crippen molar-refractivity contribution in [3.05, 3.63) is 49.5 Å². The highest BCUT2D eigenvalue weighted by atomic mass is 35.5. The number of ether oxygens (including phenoxy) is 1. The molecule has 3 nitrogen and oxygen atoms in total. The molecule has 5 heteroatoms. The van der Waals surface area contributed by atoms with Gasteiger partial charge in [0, 0.05) is 10.9 Å². The third-order valence-corrected chi connectivity index (χ3v) is 4.72. The minimum Gasteiger partial charge on any atom is -0.496 e. The lowest BCUT2D eigenvalue weighted by atomic mass is 10.0. The minimum atomic E-state index is -0.317. The lowest BCUT2D eigenvalue weighted by molar-refractivity contribution is 0.418. The van der Waals surface area contributed by atoms with Gasteiger partial charge in [0.05, 0.1) is 16.8 Å². The summed E-state index contributed by atoms with van der Waals surface area (Å²) in [6.07, 6.45) is 0. The van der Waals surface area contributed by atoms with Crippen LogP contribution in [-0.4, -0.2) is 7.11 Å². The van der Waals surface area contributed by atoms with E-state index in [-0.39, 0.29) is 5.63 Å². The van der Waals surface area contributed by atoms with E-state index >= 15 is 0 Å². The molecule has 0 unspecified atom stereocenters. The van der Waals surface area contributed by atoms with Gasteiger partial charge in [-0.1, -0.05) is 11.6 Å². The van der Waals surface area contributed by atoms with Gasteiger partial charge in [0.15, 0.2) is 0 Å². The molecule has 0 saturated heterocycles. The third kappa shape index (κ3) is 2.34. The Kier molecular flexibility index (Phi) is 3.51. The quantitative estimate of drug-likeness (QED) is 0.637. The molecule has 2 aromatic heterocycles. The lowest BCUT2D eigenvalue weighted by Crippen LogP contribution is -2.06. The molecule has 0 aliphatic heterocycles. The van der Waals surface area contributed by atoms with Crippen LogP contribution < -0.4 is 10.4 Å². The topological polar surface area (TPSA) is 39.4 Å². The fourth-order valence-electron chi connectivity index (χ4n) is 2.35. The molecule has 108 valence electrons. The van der Waals surface area contributed by atoms with Crippen LogP contribution in [0.4, 0.5) is 0 Å². The summed E-state index contributed by atoms with van der Waals surface area (Å²) in [6, 6.07) is 5.67. The monoisotopic (exact) mass is 320 g/mol. The predicted molar refractivity (Wildman–Crippen MR) is 86.8 cm³/mol. The predicted octanol–water partition coefficient (Wildman–Crippen LogP) is 4.80. The molecule has 21 heavy (non-hydrogen) atoms. The Morgan fingerprint density at radius 2 is 1.90 bits per heavy atom. The SMILES string of the molecule is COc1cc(-c2csc(Cl)c2)cc2oc(=O)c(C)c(C)c12. The zero-order chi connectivity index (χ0) is 15.1. The van der Waals surface area contributed by atoms with Crippen molar-refractivity contribution < 1.29 is 9.15 Å². The zero-order valence-electron chi connectivity index (χ0n) is 11.8. The minimum absolute atomic E-state index is 0.317. The van der Waals surface area contributed by atoms with E-state index in [1.807, 2.05) is 30.5 Å². The Morgan fingerprint density at radius 1 is 1.14 bits per heavy atom. The van der Waals surface area contributed by atoms with Gasteiger partial charge in [0.25, 0.3) is 0 Å². The number of thiophene rings is 1. The molecule has 3 rings (SSSR count). The van der Waals surface area contributed by atoms with E-state index in [0.29, 0.717) is 21.2 Å². The number of methoxy groups -OCH3 is 1. The second-order valence-corrected chi connectivity index (χ2v) is 6.37. The van der Waals surface area contributed by atoms with Gasteiger partial charge in [0.2, 0.25) is 0 Å². The van der Waals surface area contributed by atoms with Crippen LogP contribution in [0.25, 0.3) is 22.1 Å². The van der Waals surface area contributed by atoms with Gasteiger partial charge in [-0.25, -0.2) is 4.79 Å². The van der Waals surface area contributed by atoms with Crippen molar-refractivity contribution in [3.63, 3.8) is 0 Å². The van der Waals surface area contributed by atoms with E-state index in [0.717, 1.165) is 22.1 Å². The van der Waals surface area contributed by atoms with E-state index in [2.05, 4.69) is 0 Å². The molecule has 0 saturated carbocycles. The molecule has 0 amide bonds. The number of fused-ring (bicyclic) bond motifs is 1. The van der Waals surface area contributed by atoms with Crippen LogP contribution in [0.1, 0.15) is 11.1 Å². The Balaban J connectivity index is 2.37. The first-order valence-corrected chi connectivity index (χ1v) is 7.63. The Morgan fingerprint density at radius 3 is 2.52 bits per heavy atom. The van der Waals surface area contributed by atoms with Crippen LogP contribution in [0.5, 0.6) is 5.75 Å². The van der Waals surface area contributed by atoms with Crippen LogP contribution in [0.3, 0.4) is 0 Å². The first-order chi connectivity index (χ1) is 10.0. The molecular formula is C16H13ClO3S. The van der Waals surface area contributed by atoms with Gasteiger partial charge in [-0.05, 0) is 48.7 Å². The highest BCUT2D eigenvalue weighted by molar-refractivity contribution is 7.14. The molecule has 0 aliphatic carbocycles. The van der Waals surface area contributed by atoms with Gasteiger partial charge in [-0.3, -0.25) is 0 Å². The fraction of sp³-hybridized carbons (Fsp3) is 0.188. The summed E-state index contributed by atoms with van der Waals surface area (Å²) in [5.41, 5.74) is 3.59. The van der Waals surface area contributed by atoms with E-state index in [4.69, 9.17) is 20.8 Å². The average Bonchev–Trinajstić information content (AvgIpc) is 2.90. The molecule has 0 atom stereocenters. The van der Waals surface area contributed by atoms with E-state index in [1.165, 1.54) is 11.3 Å². The maximum atomic E-state index is 11.9. The molecule has 0 N–H and O–H groups in total. The van der Waals surface area contributed by atoms with Gasteiger partial charge < -0.3 is 9.15 Å². The van der Waals surface area contributed by atoms with Gasteiger partial charge >= 0.3 is 5.63 Å². The van der Waals surface area contributed by atoms with Crippen molar-refractivity contribution in [3.8, 4) is 16.9 Å². The summed E-state index contributed by atoms with van der Waals surface area (Å²) in [5, 5.41) is 2.79. The molecule has 1 aromatic carbocycles. The van der Waals surface area contributed by atoms with Crippen LogP contribution in [-0.2, 0) is 0 Å². The Bertz CT molecular complexity index is 892. The van der Waals surface area contributed by atoms with Crippen molar-refractivity contribution in [2.75, 3.05) is 7.11 Å². The number of benzene rings is 1. The molecule has 0 aliphatic rings. The molecule has 2 heterocycles. The van der Waals surface area contributed by atoms with Gasteiger partial charge in [-0.2, -0.15) is 0 Å². The van der Waals surface area contributed by atoms with Crippen molar-refractivity contribution in [2.24, 2.45) is 0 Å². The second-order valence-electron chi connectivity index (χ2n) is 4.83. The van der Waals surface area contributed by atoms with Gasteiger partial charge in [0.1, 0.15) is 11.3 Å². The van der Waals surface area contributed by atoms with Crippen molar-refractivity contribution in [2.45, 2.75) is 13.8 Å². The van der Waals surface area contributed by atoms with Crippen LogP contribution in [0.2, 0.25) is 4.34 Å². The number of hydrogen-bond acceptors (Lipinski definition) is 4. The maximum absolute atomic E-state index is 11.9. The fourth-order valence-corrected chi connectivity index (χ4v) is 3.24. The number of hydrogen-bond donors (Lipinski definition) is 0. The lowest BCUT2D eigenvalue weighted by Gasteiger charge is -2.11. The molecule has 0 spiro atoms. The van der Waals surface area contributed by atoms with Crippen LogP contribution in [0.15, 0.2) is 32.8 Å². The largest absolute Gasteiger partial charge is 0.496 e. The summed E-state index contributed by atoms with van der Waals surface area (Å²) in [4.78, 5) is 11.9. The summed E-state index contributed by atoms with van der Waals surface area (Å²) in [6.45, 7) is 3.66. The number of halogens is 1. The highest BCUT2D eigenvalue weighted by Crippen LogP contribution is 2.36. The normalized spacial score (nSPS) is 11.0. The second kappa shape index (κ2) is 5.20. The van der Waals surface area contributed by atoms with Crippen LogP contribution in [0, 0.1) is 13.8 Å². The molecule has 0 bridgehead atoms. The van der Waals surface area contributed by atoms with Crippen molar-refractivity contribution in [1.82, 2.24) is 0 Å². The third-order valence-electron chi connectivity index (χ3n) is 3.63. The summed E-state index contributed by atoms with van der Waals surface area (Å²) < 4.78 is 11.6. The van der Waals surface area contributed by atoms with E-state index in [9.17, 15) is 4.79 Å². The molecule has 3 aromatic rings. The average molecular weight is 321 g/mol. The summed E-state index contributed by atoms with van der Waals surface area (Å²) >= 11 is 7.45. The van der Waals surface area contributed by atoms with Crippen LogP contribution >= 0.6 is 22.9 Å². The number of rotatable bonds is 2. The smallest absolute Gasteiger partial charge is 0.339 e. The van der Waals surface area contributed by atoms with Crippen molar-refractivity contribution in [1.29, 1.82) is 0 Å². The molecular weight excluding hydrogens is 308 g/mol. The zero-order valence-corrected chi connectivity index (χ0v) is 13.4. The van der Waals surface area contributed by atoms with Crippen molar-refractivity contribution >= 4 is 33.9 Å². The maximum Gasteiger partial charge on any atom is 0.339 e. The number of aryl methyl sites for hydroxylation is 1. The van der Waals surface area contributed by atoms with E-state index in [1.54, 1.807) is 14.0 Å². The van der Waals surface area contributed by atoms with Gasteiger partial charge in [-0.15, -0.1) is 11.3 Å². The Hall–Kier alpha value is -1.78. The summed E-state index contributed by atoms with van der Waals surface area (Å²) in [7, 11) is 1.61. The molecule has 0 radical (unpaired) electrons. The first-order valence-electron chi connectivity index (χ1n) is 6.37. The first kappa shape index (κ1) is 14.2. The molecule has 0 fully saturated rings. The van der Waals surface area contributed by atoms with E-state index < -0.39 is 0 Å². The summed E-state index contributed by atoms with van der Waals surface area (Å²) in [5.74, 6) is 0.689. The highest BCUT2D eigenvalue weighted by Gasteiger charge is 2.14. The standard InChI is InChI=1S/C16H13ClO3S/c1-8-9(2)16(18)20-13-5-10(4-12(19-3)15(8)13)11-6-14(17)21-7-11/h4-7H,1-3H3.